The van der Waals surface area contributed by atoms with Gasteiger partial charge in [-0.15, -0.1) is 0 Å². The number of carbonyl (C=O) groups is 2. The van der Waals surface area contributed by atoms with Gasteiger partial charge < -0.3 is 14.2 Å². The van der Waals surface area contributed by atoms with Crippen molar-refractivity contribution in [2.45, 2.75) is 25.9 Å². The van der Waals surface area contributed by atoms with Gasteiger partial charge in [-0.25, -0.2) is 0 Å². The third-order valence-corrected chi connectivity index (χ3v) is 4.37. The second-order valence-corrected chi connectivity index (χ2v) is 7.35. The van der Waals surface area contributed by atoms with Crippen molar-refractivity contribution in [3.8, 4) is 17.2 Å². The molecule has 2 amide bonds. The lowest BCUT2D eigenvalue weighted by Crippen LogP contribution is -2.43. The molecule has 7 nitrogen and oxygen atoms in total. The third-order valence-electron chi connectivity index (χ3n) is 4.14. The molecule has 0 saturated carbocycles. The van der Waals surface area contributed by atoms with E-state index in [0.29, 0.717) is 22.3 Å². The lowest BCUT2D eigenvalue weighted by Gasteiger charge is -2.18. The molecule has 0 aromatic heterocycles. The number of hydrogen-bond acceptors (Lipinski definition) is 5. The number of rotatable bonds is 5. The quantitative estimate of drug-likeness (QED) is 0.748. The van der Waals surface area contributed by atoms with Crippen LogP contribution in [0.3, 0.4) is 0 Å². The van der Waals surface area contributed by atoms with E-state index in [2.05, 4.69) is 10.9 Å². The van der Waals surface area contributed by atoms with E-state index in [1.807, 2.05) is 26.0 Å². The molecule has 0 spiro atoms. The summed E-state index contributed by atoms with van der Waals surface area (Å²) in [5.74, 6) is 0.392. The van der Waals surface area contributed by atoms with E-state index in [9.17, 15) is 9.59 Å². The van der Waals surface area contributed by atoms with Gasteiger partial charge >= 0.3 is 0 Å². The number of hydrazine groups is 1. The summed E-state index contributed by atoms with van der Waals surface area (Å²) in [4.78, 5) is 24.3. The molecule has 1 heterocycles. The molecule has 0 fully saturated rings. The summed E-state index contributed by atoms with van der Waals surface area (Å²) in [7, 11) is 1.44. The first kappa shape index (κ1) is 19.8. The molecule has 2 aromatic carbocycles. The van der Waals surface area contributed by atoms with Crippen LogP contribution in [0.2, 0.25) is 5.02 Å². The summed E-state index contributed by atoms with van der Waals surface area (Å²) in [6, 6.07) is 10.2. The van der Waals surface area contributed by atoms with Crippen molar-refractivity contribution in [2.75, 3.05) is 13.7 Å². The van der Waals surface area contributed by atoms with E-state index in [1.54, 1.807) is 18.2 Å². The first-order chi connectivity index (χ1) is 13.3. The number of fused-ring (bicyclic) bond motifs is 1. The average Bonchev–Trinajstić information content (AvgIpc) is 2.98. The Labute approximate surface area is 167 Å². The SMILES string of the molecule is COc1ccc(Cl)cc1C(=O)NNC(=O)COc1cccc2c1OC(C)(C)C2. The fraction of sp³-hybridized carbons (Fsp3) is 0.300. The maximum absolute atomic E-state index is 12.3. The average molecular weight is 405 g/mol. The lowest BCUT2D eigenvalue weighted by molar-refractivity contribution is -0.123. The lowest BCUT2D eigenvalue weighted by atomic mass is 10.0. The van der Waals surface area contributed by atoms with Gasteiger partial charge in [0.1, 0.15) is 11.4 Å². The van der Waals surface area contributed by atoms with Gasteiger partial charge in [0.05, 0.1) is 12.7 Å². The molecule has 1 aliphatic heterocycles. The molecule has 1 aliphatic rings. The molecule has 0 saturated heterocycles. The number of methoxy groups -OCH3 is 1. The molecule has 2 aromatic rings. The third kappa shape index (κ3) is 4.48. The number of benzene rings is 2. The van der Waals surface area contributed by atoms with Crippen molar-refractivity contribution >= 4 is 23.4 Å². The largest absolute Gasteiger partial charge is 0.496 e. The number of ether oxygens (including phenoxy) is 3. The van der Waals surface area contributed by atoms with Gasteiger partial charge in [-0.05, 0) is 38.1 Å². The monoisotopic (exact) mass is 404 g/mol. The van der Waals surface area contributed by atoms with Crippen molar-refractivity contribution in [3.05, 3.63) is 52.5 Å². The highest BCUT2D eigenvalue weighted by Gasteiger charge is 2.32. The summed E-state index contributed by atoms with van der Waals surface area (Å²) < 4.78 is 16.6. The van der Waals surface area contributed by atoms with E-state index in [4.69, 9.17) is 25.8 Å². The fourth-order valence-corrected chi connectivity index (χ4v) is 3.10. The number of carbonyl (C=O) groups excluding carboxylic acids is 2. The summed E-state index contributed by atoms with van der Waals surface area (Å²) in [6.45, 7) is 3.69. The molecule has 0 unspecified atom stereocenters. The van der Waals surface area contributed by atoms with Gasteiger partial charge in [0.25, 0.3) is 11.8 Å². The first-order valence-electron chi connectivity index (χ1n) is 8.65. The topological polar surface area (TPSA) is 85.9 Å². The van der Waals surface area contributed by atoms with Gasteiger partial charge in [0.2, 0.25) is 0 Å². The van der Waals surface area contributed by atoms with Crippen LogP contribution in [-0.4, -0.2) is 31.1 Å². The zero-order valence-electron chi connectivity index (χ0n) is 15.8. The van der Waals surface area contributed by atoms with Crippen molar-refractivity contribution in [2.24, 2.45) is 0 Å². The van der Waals surface area contributed by atoms with Gasteiger partial charge in [-0.1, -0.05) is 23.7 Å². The van der Waals surface area contributed by atoms with Crippen LogP contribution in [0.5, 0.6) is 17.2 Å². The van der Waals surface area contributed by atoms with Gasteiger partial charge in [0.15, 0.2) is 18.1 Å². The Morgan fingerprint density at radius 3 is 2.71 bits per heavy atom. The minimum Gasteiger partial charge on any atom is -0.496 e. The van der Waals surface area contributed by atoms with Crippen LogP contribution in [0.1, 0.15) is 29.8 Å². The minimum atomic E-state index is -0.557. The van der Waals surface area contributed by atoms with Crippen molar-refractivity contribution < 1.29 is 23.8 Å². The minimum absolute atomic E-state index is 0.202. The van der Waals surface area contributed by atoms with Gasteiger partial charge in [-0.3, -0.25) is 20.4 Å². The highest BCUT2D eigenvalue weighted by Crippen LogP contribution is 2.41. The number of halogens is 1. The van der Waals surface area contributed by atoms with E-state index in [1.165, 1.54) is 13.2 Å². The zero-order valence-corrected chi connectivity index (χ0v) is 16.6. The van der Waals surface area contributed by atoms with E-state index in [-0.39, 0.29) is 17.8 Å². The fourth-order valence-electron chi connectivity index (χ4n) is 2.93. The van der Waals surface area contributed by atoms with Crippen LogP contribution in [-0.2, 0) is 11.2 Å². The molecule has 2 N–H and O–H groups in total. The predicted molar refractivity (Wildman–Crippen MR) is 104 cm³/mol. The van der Waals surface area contributed by atoms with Crippen LogP contribution >= 0.6 is 11.6 Å². The summed E-state index contributed by atoms with van der Waals surface area (Å²) in [5.41, 5.74) is 5.54. The molecule has 0 atom stereocenters. The maximum Gasteiger partial charge on any atom is 0.276 e. The Bertz CT molecular complexity index is 913. The highest BCUT2D eigenvalue weighted by atomic mass is 35.5. The molecule has 28 heavy (non-hydrogen) atoms. The van der Waals surface area contributed by atoms with Crippen LogP contribution < -0.4 is 25.1 Å². The van der Waals surface area contributed by atoms with Gasteiger partial charge in [0, 0.05) is 17.0 Å². The Hall–Kier alpha value is -2.93. The number of nitrogens with one attached hydrogen (secondary N) is 2. The van der Waals surface area contributed by atoms with Crippen LogP contribution in [0.25, 0.3) is 0 Å². The second kappa shape index (κ2) is 7.98. The van der Waals surface area contributed by atoms with E-state index < -0.39 is 11.8 Å². The normalized spacial score (nSPS) is 13.9. The number of hydrogen-bond donors (Lipinski definition) is 2. The Kier molecular flexibility index (Phi) is 5.65. The second-order valence-electron chi connectivity index (χ2n) is 6.92. The molecular weight excluding hydrogens is 384 g/mol. The molecular formula is C20H21ClN2O5. The number of amides is 2. The molecule has 0 aliphatic carbocycles. The maximum atomic E-state index is 12.3. The van der Waals surface area contributed by atoms with Gasteiger partial charge in [-0.2, -0.15) is 0 Å². The zero-order chi connectivity index (χ0) is 20.3. The predicted octanol–water partition coefficient (Wildman–Crippen LogP) is 2.90. The van der Waals surface area contributed by atoms with Crippen LogP contribution in [0, 0.1) is 0 Å². The van der Waals surface area contributed by atoms with Crippen LogP contribution in [0.15, 0.2) is 36.4 Å². The Balaban J connectivity index is 1.56. The van der Waals surface area contributed by atoms with Crippen molar-refractivity contribution in [1.29, 1.82) is 0 Å². The Morgan fingerprint density at radius 2 is 1.96 bits per heavy atom. The first-order valence-corrected chi connectivity index (χ1v) is 9.03. The smallest absolute Gasteiger partial charge is 0.276 e. The summed E-state index contributed by atoms with van der Waals surface area (Å²) >= 11 is 5.91. The molecule has 0 radical (unpaired) electrons. The van der Waals surface area contributed by atoms with E-state index >= 15 is 0 Å². The van der Waals surface area contributed by atoms with E-state index in [0.717, 1.165) is 12.0 Å². The molecule has 148 valence electrons. The Morgan fingerprint density at radius 1 is 1.18 bits per heavy atom. The van der Waals surface area contributed by atoms with Crippen molar-refractivity contribution in [3.63, 3.8) is 0 Å². The van der Waals surface area contributed by atoms with Crippen LogP contribution in [0.4, 0.5) is 0 Å². The summed E-state index contributed by atoms with van der Waals surface area (Å²) in [5, 5.41) is 0.376. The van der Waals surface area contributed by atoms with Crippen molar-refractivity contribution in [1.82, 2.24) is 10.9 Å². The highest BCUT2D eigenvalue weighted by molar-refractivity contribution is 6.31. The standard InChI is InChI=1S/C20H21ClN2O5/c1-20(2)10-12-5-4-6-16(18(12)28-20)27-11-17(24)22-23-19(25)14-9-13(21)7-8-15(14)26-3/h4-9H,10-11H2,1-3H3,(H,22,24)(H,23,25). The molecule has 3 rings (SSSR count). The molecule has 8 heteroatoms. The number of para-hydroxylation sites is 1. The molecule has 0 bridgehead atoms. The summed E-state index contributed by atoms with van der Waals surface area (Å²) in [6.07, 6.45) is 0.767.